The number of pyridine rings is 1. The number of fused-ring (bicyclic) bond motifs is 1. The Bertz CT molecular complexity index is 891. The first kappa shape index (κ1) is 17.6. The van der Waals surface area contributed by atoms with E-state index in [0.29, 0.717) is 28.9 Å². The van der Waals surface area contributed by atoms with E-state index >= 15 is 0 Å². The number of carbonyl (C=O) groups is 1. The molecule has 0 atom stereocenters. The fraction of sp³-hybridized carbons (Fsp3) is 0.389. The van der Waals surface area contributed by atoms with Crippen molar-refractivity contribution in [2.45, 2.75) is 39.7 Å². The minimum Gasteiger partial charge on any atom is -0.375 e. The fourth-order valence-corrected chi connectivity index (χ4v) is 2.70. The Morgan fingerprint density at radius 3 is 2.68 bits per heavy atom. The molecule has 3 rings (SSSR count). The number of carbonyl (C=O) groups excluding carboxylic acids is 1. The Morgan fingerprint density at radius 2 is 2.08 bits per heavy atom. The van der Waals surface area contributed by atoms with Crippen molar-refractivity contribution in [2.24, 2.45) is 0 Å². The lowest BCUT2D eigenvalue weighted by atomic mass is 10.2. The molecule has 0 saturated carbocycles. The number of imidazole rings is 1. The molecule has 0 bridgehead atoms. The van der Waals surface area contributed by atoms with Crippen molar-refractivity contribution >= 4 is 40.3 Å². The van der Waals surface area contributed by atoms with Gasteiger partial charge in [-0.1, -0.05) is 17.7 Å². The van der Waals surface area contributed by atoms with Crippen LogP contribution in [0.1, 0.15) is 32.8 Å². The molecule has 0 fully saturated rings. The molecule has 1 aliphatic carbocycles. The Morgan fingerprint density at radius 1 is 1.36 bits per heavy atom. The van der Waals surface area contributed by atoms with Crippen LogP contribution < -0.4 is 5.32 Å². The van der Waals surface area contributed by atoms with Gasteiger partial charge >= 0.3 is 0 Å². The zero-order valence-corrected chi connectivity index (χ0v) is 15.5. The lowest BCUT2D eigenvalue weighted by Gasteiger charge is -2.19. The lowest BCUT2D eigenvalue weighted by Crippen LogP contribution is -2.23. The number of rotatable bonds is 5. The molecule has 2 heterocycles. The summed E-state index contributed by atoms with van der Waals surface area (Å²) in [4.78, 5) is 21.2. The van der Waals surface area contributed by atoms with Gasteiger partial charge in [0.2, 0.25) is 11.9 Å². The van der Waals surface area contributed by atoms with Gasteiger partial charge in [0.25, 0.3) is 0 Å². The fourth-order valence-electron chi connectivity index (χ4n) is 2.46. The molecule has 2 aromatic rings. The van der Waals surface area contributed by atoms with Crippen LogP contribution in [0.15, 0.2) is 24.3 Å². The summed E-state index contributed by atoms with van der Waals surface area (Å²) in [6.45, 7) is 8.13. The number of ether oxygens (including phenoxy) is 1. The highest BCUT2D eigenvalue weighted by molar-refractivity contribution is 6.29. The van der Waals surface area contributed by atoms with Crippen LogP contribution in [0.25, 0.3) is 16.9 Å². The standard InChI is InChI=1S/C18H21ClN4O2/c1-11-10-13(19)20-16-15(11)22-17(23(16)12-6-5-7-12)21-14(24)8-9-25-18(2,3)4/h5-7,10H,8-9H2,1-4H3,(H,21,22,24). The molecule has 25 heavy (non-hydrogen) atoms. The predicted octanol–water partition coefficient (Wildman–Crippen LogP) is 3.95. The van der Waals surface area contributed by atoms with Crippen LogP contribution in [0.2, 0.25) is 5.15 Å². The third kappa shape index (κ3) is 3.91. The number of aryl methyl sites for hydroxylation is 1. The lowest BCUT2D eigenvalue weighted by molar-refractivity contribution is -0.118. The van der Waals surface area contributed by atoms with Gasteiger partial charge in [0.1, 0.15) is 10.7 Å². The minimum atomic E-state index is -0.271. The number of aromatic nitrogens is 3. The third-order valence-electron chi connectivity index (χ3n) is 3.68. The number of hydrogen-bond acceptors (Lipinski definition) is 4. The van der Waals surface area contributed by atoms with Crippen LogP contribution in [0.4, 0.5) is 5.95 Å². The summed E-state index contributed by atoms with van der Waals surface area (Å²) < 4.78 is 7.40. The van der Waals surface area contributed by atoms with Crippen molar-refractivity contribution in [1.29, 1.82) is 0 Å². The molecule has 1 amide bonds. The number of anilines is 1. The zero-order chi connectivity index (χ0) is 18.2. The van der Waals surface area contributed by atoms with Gasteiger partial charge < -0.3 is 4.74 Å². The first-order valence-corrected chi connectivity index (χ1v) is 8.50. The van der Waals surface area contributed by atoms with Gasteiger partial charge in [0, 0.05) is 0 Å². The third-order valence-corrected chi connectivity index (χ3v) is 3.88. The van der Waals surface area contributed by atoms with Crippen molar-refractivity contribution in [2.75, 3.05) is 11.9 Å². The van der Waals surface area contributed by atoms with E-state index in [0.717, 1.165) is 11.3 Å². The van der Waals surface area contributed by atoms with Gasteiger partial charge in [-0.2, -0.15) is 0 Å². The maximum atomic E-state index is 12.3. The molecule has 1 aliphatic rings. The van der Waals surface area contributed by atoms with Crippen molar-refractivity contribution in [3.8, 4) is 0 Å². The average molecular weight is 361 g/mol. The Labute approximate surface area is 151 Å². The molecular formula is C18H21ClN4O2. The van der Waals surface area contributed by atoms with E-state index in [4.69, 9.17) is 16.3 Å². The number of nitrogens with zero attached hydrogens (tertiary/aromatic N) is 3. The van der Waals surface area contributed by atoms with Gasteiger partial charge in [-0.25, -0.2) is 9.97 Å². The van der Waals surface area contributed by atoms with Crippen molar-refractivity contribution in [1.82, 2.24) is 14.5 Å². The predicted molar refractivity (Wildman–Crippen MR) is 99.6 cm³/mol. The average Bonchev–Trinajstić information content (AvgIpc) is 2.75. The van der Waals surface area contributed by atoms with Crippen molar-refractivity contribution in [3.05, 3.63) is 35.0 Å². The molecule has 2 aromatic heterocycles. The van der Waals surface area contributed by atoms with E-state index in [2.05, 4.69) is 15.3 Å². The van der Waals surface area contributed by atoms with Gasteiger partial charge in [-0.05, 0) is 51.5 Å². The summed E-state index contributed by atoms with van der Waals surface area (Å²) in [5, 5.41) is 3.25. The largest absolute Gasteiger partial charge is 0.375 e. The van der Waals surface area contributed by atoms with Gasteiger partial charge in [-0.3, -0.25) is 14.7 Å². The molecule has 0 aromatic carbocycles. The summed E-state index contributed by atoms with van der Waals surface area (Å²) in [6.07, 6.45) is 6.03. The Hall–Kier alpha value is -2.18. The molecule has 0 saturated heterocycles. The number of hydrogen-bond donors (Lipinski definition) is 1. The number of halogens is 1. The van der Waals surface area contributed by atoms with Crippen LogP contribution in [0.3, 0.4) is 0 Å². The quantitative estimate of drug-likeness (QED) is 0.820. The van der Waals surface area contributed by atoms with Crippen LogP contribution in [0.5, 0.6) is 0 Å². The summed E-state index contributed by atoms with van der Waals surface area (Å²) >= 11 is 6.09. The second-order valence-corrected chi connectivity index (χ2v) is 7.30. The normalized spacial score (nSPS) is 13.7. The van der Waals surface area contributed by atoms with Crippen LogP contribution in [0, 0.1) is 6.92 Å². The summed E-state index contributed by atoms with van der Waals surface area (Å²) in [5.74, 6) is 0.276. The van der Waals surface area contributed by atoms with E-state index in [-0.39, 0.29) is 17.9 Å². The van der Waals surface area contributed by atoms with E-state index in [1.165, 1.54) is 0 Å². The van der Waals surface area contributed by atoms with Gasteiger partial charge in [0.15, 0.2) is 5.65 Å². The molecule has 132 valence electrons. The van der Waals surface area contributed by atoms with Crippen molar-refractivity contribution < 1.29 is 9.53 Å². The summed E-state index contributed by atoms with van der Waals surface area (Å²) in [7, 11) is 0. The van der Waals surface area contributed by atoms with E-state index in [9.17, 15) is 4.79 Å². The second-order valence-electron chi connectivity index (χ2n) is 6.91. The maximum absolute atomic E-state index is 12.3. The SMILES string of the molecule is Cc1cc(Cl)nc2c1nc(NC(=O)CCOC(C)(C)C)n2C1=CC=C1. The van der Waals surface area contributed by atoms with E-state index in [1.807, 2.05) is 45.9 Å². The van der Waals surface area contributed by atoms with Crippen LogP contribution >= 0.6 is 11.6 Å². The highest BCUT2D eigenvalue weighted by Gasteiger charge is 2.20. The smallest absolute Gasteiger partial charge is 0.229 e. The minimum absolute atomic E-state index is 0.159. The number of amides is 1. The molecule has 7 heteroatoms. The molecule has 0 radical (unpaired) electrons. The Balaban J connectivity index is 1.86. The first-order valence-electron chi connectivity index (χ1n) is 8.13. The molecule has 6 nitrogen and oxygen atoms in total. The second kappa shape index (κ2) is 6.61. The summed E-state index contributed by atoms with van der Waals surface area (Å²) in [6, 6.07) is 1.76. The highest BCUT2D eigenvalue weighted by Crippen LogP contribution is 2.29. The van der Waals surface area contributed by atoms with E-state index in [1.54, 1.807) is 10.6 Å². The van der Waals surface area contributed by atoms with Gasteiger partial charge in [-0.15, -0.1) is 0 Å². The molecule has 1 N–H and O–H groups in total. The Kier molecular flexibility index (Phi) is 4.67. The molecule has 0 aliphatic heterocycles. The zero-order valence-electron chi connectivity index (χ0n) is 14.8. The van der Waals surface area contributed by atoms with Crippen molar-refractivity contribution in [3.63, 3.8) is 0 Å². The van der Waals surface area contributed by atoms with Gasteiger partial charge in [0.05, 0.1) is 24.3 Å². The number of nitrogens with one attached hydrogen (secondary N) is 1. The van der Waals surface area contributed by atoms with Crippen LogP contribution in [-0.4, -0.2) is 32.7 Å². The molecule has 0 unspecified atom stereocenters. The van der Waals surface area contributed by atoms with Crippen LogP contribution in [-0.2, 0) is 9.53 Å². The molecular weight excluding hydrogens is 340 g/mol. The number of allylic oxidation sites excluding steroid dienone is 4. The first-order chi connectivity index (χ1) is 11.7. The topological polar surface area (TPSA) is 69.0 Å². The maximum Gasteiger partial charge on any atom is 0.229 e. The monoisotopic (exact) mass is 360 g/mol. The highest BCUT2D eigenvalue weighted by atomic mass is 35.5. The van der Waals surface area contributed by atoms with E-state index < -0.39 is 0 Å². The summed E-state index contributed by atoms with van der Waals surface area (Å²) in [5.41, 5.74) is 2.88. The molecule has 0 spiro atoms.